The molecule has 0 spiro atoms. The Labute approximate surface area is 703 Å². The van der Waals surface area contributed by atoms with Crippen LogP contribution in [0.4, 0.5) is 0 Å². The monoisotopic (exact) mass is 1830 g/mol. The molecule has 0 atom stereocenters. The molecule has 5 heterocycles. The molecule has 0 aliphatic rings. The summed E-state index contributed by atoms with van der Waals surface area (Å²) in [5.41, 5.74) is 36.8. The second-order valence-corrected chi connectivity index (χ2v) is 28.1. The maximum absolute atomic E-state index is 4.87. The van der Waals surface area contributed by atoms with Gasteiger partial charge in [-0.1, -0.05) is 280 Å². The number of aromatic nitrogens is 6. The van der Waals surface area contributed by atoms with Crippen molar-refractivity contribution in [3.63, 3.8) is 0 Å². The summed E-state index contributed by atoms with van der Waals surface area (Å²) in [6.07, 6.45) is 8.94. The van der Waals surface area contributed by atoms with Gasteiger partial charge < -0.3 is 19.9 Å². The molecule has 0 fully saturated rings. The van der Waals surface area contributed by atoms with E-state index in [0.29, 0.717) is 0 Å². The topological polar surface area (TPSA) is 77.3 Å². The molecule has 5 aromatic heterocycles. The molecule has 0 aliphatic heterocycles. The fraction of sp³-hybridized carbons (Fsp3) is 0. The molecule has 0 unspecified atom stereocenters. The van der Waals surface area contributed by atoms with Crippen molar-refractivity contribution in [3.8, 4) is 201 Å². The van der Waals surface area contributed by atoms with Gasteiger partial charge in [0.1, 0.15) is 6.33 Å². The Bertz CT molecular complexity index is 5950. The van der Waals surface area contributed by atoms with Crippen LogP contribution in [0, 0.1) is 30.3 Å². The first-order valence-corrected chi connectivity index (χ1v) is 38.1. The average molecular weight is 1830 g/mol. The number of rotatable bonds is 18. The van der Waals surface area contributed by atoms with E-state index < -0.39 is 0 Å². The van der Waals surface area contributed by atoms with E-state index in [-0.39, 0.29) is 40.2 Å². The van der Waals surface area contributed by atoms with E-state index in [1.807, 2.05) is 97.6 Å². The zero-order valence-electron chi connectivity index (χ0n) is 62.5. The summed E-state index contributed by atoms with van der Waals surface area (Å²) in [5, 5.41) is 0. The Morgan fingerprint density at radius 2 is 0.353 bits per heavy atom. The first-order valence-electron chi connectivity index (χ1n) is 38.1. The molecule has 19 aromatic rings. The molecule has 6 nitrogen and oxygen atoms in total. The van der Waals surface area contributed by atoms with Crippen LogP contribution in [0.2, 0.25) is 0 Å². The number of pyridine rings is 4. The van der Waals surface area contributed by atoms with Gasteiger partial charge in [-0.25, -0.2) is 4.98 Å². The fourth-order valence-electron chi connectivity index (χ4n) is 15.4. The standard InChI is InChI=1S/C108H67N6.2Ir/c1-7-27-97(91(21-1)73-37-49-79(50-38-73)103-33-13-17-61-109-103)85-65-86(98-28-8-2-22-92(98)74-39-51-80(52-40-74)104-34-14-18-62-110-104)68-89(67-85)101-31-11-5-25-95(101)77-45-57-83(58-46-77)107-71-108(114-72-113-107)84-59-47-78(48-60-84)96-26-6-12-32-102(96)90-69-87(99-29-9-3-23-93(99)75-41-53-81(54-42-75)105-35-15-19-63-111-105)66-88(70-90)100-30-10-4-24-94(100)76-43-55-82(56-44-76)106-36-16-20-64-112-106;;/h1-49,51,53,55,57-59,61-72H;;/q-5;;+3. The maximum Gasteiger partial charge on any atom is 3.00 e. The van der Waals surface area contributed by atoms with Crippen LogP contribution in [0.5, 0.6) is 0 Å². The molecular weight excluding hydrogens is 1770 g/mol. The smallest absolute Gasteiger partial charge is 0.305 e. The van der Waals surface area contributed by atoms with Gasteiger partial charge in [-0.05, 0) is 173 Å². The van der Waals surface area contributed by atoms with Crippen molar-refractivity contribution in [2.24, 2.45) is 0 Å². The van der Waals surface area contributed by atoms with Crippen molar-refractivity contribution in [1.29, 1.82) is 0 Å². The van der Waals surface area contributed by atoms with Crippen molar-refractivity contribution in [3.05, 3.63) is 438 Å². The first kappa shape index (κ1) is 74.8. The number of benzene rings is 14. The van der Waals surface area contributed by atoms with Crippen molar-refractivity contribution < 1.29 is 40.2 Å². The van der Waals surface area contributed by atoms with E-state index in [9.17, 15) is 0 Å². The van der Waals surface area contributed by atoms with Crippen LogP contribution in [0.15, 0.2) is 407 Å². The zero-order chi connectivity index (χ0) is 75.9. The second-order valence-electron chi connectivity index (χ2n) is 28.1. The molecule has 14 aromatic carbocycles. The first-order chi connectivity index (χ1) is 56.5. The predicted molar refractivity (Wildman–Crippen MR) is 465 cm³/mol. The largest absolute Gasteiger partial charge is 3.00 e. The molecule has 0 bridgehead atoms. The van der Waals surface area contributed by atoms with Gasteiger partial charge >= 0.3 is 20.1 Å². The molecule has 8 heteroatoms. The molecule has 19 rings (SSSR count). The molecule has 0 aliphatic carbocycles. The van der Waals surface area contributed by atoms with Crippen LogP contribution < -0.4 is 0 Å². The number of nitrogens with zero attached hydrogens (tertiary/aromatic N) is 6. The van der Waals surface area contributed by atoms with Gasteiger partial charge in [-0.3, -0.25) is 4.98 Å². The van der Waals surface area contributed by atoms with E-state index in [1.165, 1.54) is 0 Å². The molecule has 0 saturated carbocycles. The van der Waals surface area contributed by atoms with Crippen LogP contribution in [-0.2, 0) is 40.2 Å². The second kappa shape index (κ2) is 34.2. The Balaban J connectivity index is 0.00000484. The Kier molecular flexibility index (Phi) is 22.0. The predicted octanol–water partition coefficient (Wildman–Crippen LogP) is 27.1. The fourth-order valence-corrected chi connectivity index (χ4v) is 15.4. The molecule has 0 amide bonds. The average Bonchev–Trinajstić information content (AvgIpc) is 0.768. The van der Waals surface area contributed by atoms with E-state index in [2.05, 4.69) is 354 Å². The Hall–Kier alpha value is -13.9. The molecule has 1 radical (unpaired) electrons. The molecule has 116 heavy (non-hydrogen) atoms. The van der Waals surface area contributed by atoms with Gasteiger partial charge in [0, 0.05) is 44.9 Å². The van der Waals surface area contributed by atoms with Gasteiger partial charge in [0.15, 0.2) is 0 Å². The minimum atomic E-state index is 0. The van der Waals surface area contributed by atoms with Crippen LogP contribution in [0.25, 0.3) is 201 Å². The summed E-state index contributed by atoms with van der Waals surface area (Å²) in [5.74, 6) is 0. The van der Waals surface area contributed by atoms with Crippen LogP contribution in [0.1, 0.15) is 0 Å². The van der Waals surface area contributed by atoms with Crippen LogP contribution in [0.3, 0.4) is 0 Å². The third kappa shape index (κ3) is 15.7. The Morgan fingerprint density at radius 3 is 0.578 bits per heavy atom. The maximum atomic E-state index is 4.87. The van der Waals surface area contributed by atoms with E-state index in [0.717, 1.165) is 201 Å². The quantitative estimate of drug-likeness (QED) is 0.0797. The van der Waals surface area contributed by atoms with Crippen LogP contribution in [-0.4, -0.2) is 29.9 Å². The van der Waals surface area contributed by atoms with Gasteiger partial charge in [-0.15, -0.1) is 149 Å². The minimum Gasteiger partial charge on any atom is -0.305 e. The molecule has 0 N–H and O–H groups in total. The summed E-state index contributed by atoms with van der Waals surface area (Å²) in [6, 6.07) is 151. The van der Waals surface area contributed by atoms with E-state index in [1.54, 1.807) is 6.33 Å². The van der Waals surface area contributed by atoms with Gasteiger partial charge in [0.05, 0.1) is 5.69 Å². The van der Waals surface area contributed by atoms with Gasteiger partial charge in [0.25, 0.3) is 0 Å². The van der Waals surface area contributed by atoms with E-state index >= 15 is 0 Å². The van der Waals surface area contributed by atoms with Crippen molar-refractivity contribution in [2.45, 2.75) is 0 Å². The van der Waals surface area contributed by atoms with Crippen molar-refractivity contribution >= 4 is 0 Å². The molecular formula is C108H67Ir2N6-2. The van der Waals surface area contributed by atoms with E-state index in [4.69, 9.17) is 9.97 Å². The molecule has 0 saturated heterocycles. The summed E-state index contributed by atoms with van der Waals surface area (Å²) in [6.45, 7) is 0. The summed E-state index contributed by atoms with van der Waals surface area (Å²) >= 11 is 0. The number of hydrogen-bond acceptors (Lipinski definition) is 6. The third-order valence-electron chi connectivity index (χ3n) is 21.1. The number of hydrogen-bond donors (Lipinski definition) is 0. The SMILES string of the molecule is [Ir+3].[Ir].[c-]1cc(-c2ccccc2-c2cc(-c3ccccc3-c3c[c-]c(-c4ccccn4)cc3)cc(-c3ccccc3-c3c[c-]c(-c4cc(-c5ccc(-c6ccccc6-c6cc(-c7ccccc7-c7c[c-]c(-c8ccccn8)cc7)cc(-c7ccccc7-c7c[c-]c(-c8ccccn8)cc7)c6)cc5)ncn4)cc3)c2)ccc1-c1ccccn1. The summed E-state index contributed by atoms with van der Waals surface area (Å²) in [7, 11) is 0. The van der Waals surface area contributed by atoms with Crippen molar-refractivity contribution in [2.75, 3.05) is 0 Å². The van der Waals surface area contributed by atoms with Crippen LogP contribution >= 0.6 is 0 Å². The molecule has 549 valence electrons. The zero-order valence-corrected chi connectivity index (χ0v) is 67.3. The summed E-state index contributed by atoms with van der Waals surface area (Å²) < 4.78 is 0. The van der Waals surface area contributed by atoms with Gasteiger partial charge in [-0.2, -0.15) is 0 Å². The normalized spacial score (nSPS) is 11.0. The van der Waals surface area contributed by atoms with Crippen molar-refractivity contribution in [1.82, 2.24) is 29.9 Å². The minimum absolute atomic E-state index is 0. The third-order valence-corrected chi connectivity index (χ3v) is 21.1. The van der Waals surface area contributed by atoms with Gasteiger partial charge in [0.2, 0.25) is 0 Å². The summed E-state index contributed by atoms with van der Waals surface area (Å²) in [4.78, 5) is 28.2. The Morgan fingerprint density at radius 1 is 0.155 bits per heavy atom.